The van der Waals surface area contributed by atoms with Gasteiger partial charge in [-0.3, -0.25) is 4.98 Å². The van der Waals surface area contributed by atoms with Gasteiger partial charge in [0.1, 0.15) is 11.8 Å². The van der Waals surface area contributed by atoms with Gasteiger partial charge in [0.25, 0.3) is 0 Å². The van der Waals surface area contributed by atoms with Crippen LogP contribution in [0.3, 0.4) is 0 Å². The summed E-state index contributed by atoms with van der Waals surface area (Å²) in [5, 5.41) is 4.94. The summed E-state index contributed by atoms with van der Waals surface area (Å²) in [7, 11) is 1.70. The molecule has 0 bridgehead atoms. The number of benzene rings is 2. The van der Waals surface area contributed by atoms with Crippen LogP contribution in [0.2, 0.25) is 5.02 Å². The highest BCUT2D eigenvalue weighted by atomic mass is 35.5. The van der Waals surface area contributed by atoms with E-state index in [1.807, 2.05) is 42.6 Å². The Hall–Kier alpha value is -3.55. The number of hydrogen-bond acceptors (Lipinski definition) is 4. The molecule has 2 fully saturated rings. The molecule has 4 atom stereocenters. The van der Waals surface area contributed by atoms with Crippen molar-refractivity contribution in [2.75, 3.05) is 30.0 Å². The Labute approximate surface area is 246 Å². The summed E-state index contributed by atoms with van der Waals surface area (Å²) in [5.74, 6) is 2.08. The van der Waals surface area contributed by atoms with Crippen molar-refractivity contribution in [1.82, 2.24) is 14.9 Å². The lowest BCUT2D eigenvalue weighted by Crippen LogP contribution is -2.38. The minimum atomic E-state index is -0.181. The van der Waals surface area contributed by atoms with Gasteiger partial charge in [0, 0.05) is 36.9 Å². The van der Waals surface area contributed by atoms with E-state index in [2.05, 4.69) is 76.1 Å². The SMILES string of the molecule is COc1ccccc1-n1cccc1[C@@H]1[C@H](c2ccccn2)NC(=S)N1c1ccc(N2C[C@@H](C)C[C@H](C)C2)c(Cl)c1. The zero-order valence-corrected chi connectivity index (χ0v) is 24.6. The van der Waals surface area contributed by atoms with E-state index in [-0.39, 0.29) is 12.1 Å². The van der Waals surface area contributed by atoms with Crippen LogP contribution in [0.1, 0.15) is 43.7 Å². The van der Waals surface area contributed by atoms with Crippen LogP contribution in [0.25, 0.3) is 5.69 Å². The molecule has 2 aliphatic heterocycles. The van der Waals surface area contributed by atoms with Crippen LogP contribution in [0.4, 0.5) is 11.4 Å². The molecule has 4 heterocycles. The molecule has 8 heteroatoms. The molecule has 0 aliphatic carbocycles. The van der Waals surface area contributed by atoms with Gasteiger partial charge in [0.2, 0.25) is 0 Å². The summed E-state index contributed by atoms with van der Waals surface area (Å²) in [6.07, 6.45) is 5.14. The second kappa shape index (κ2) is 11.1. The predicted molar refractivity (Wildman–Crippen MR) is 167 cm³/mol. The number of methoxy groups -OCH3 is 1. The van der Waals surface area contributed by atoms with Gasteiger partial charge in [0.05, 0.1) is 35.2 Å². The van der Waals surface area contributed by atoms with Crippen LogP contribution < -0.4 is 19.9 Å². The standard InChI is InChI=1S/C32H34ClN5OS/c1-21-17-22(2)20-36(19-21)26-14-13-23(18-24(26)33)38-31(30(35-32(38)40)25-9-6-7-15-34-25)28-11-8-16-37(28)27-10-4-5-12-29(27)39-3/h4-16,18,21-22,30-31H,17,19-20H2,1-3H3,(H,35,40)/t21-,22-,30-,31+/m0/s1. The maximum atomic E-state index is 7.01. The number of rotatable bonds is 6. The van der Waals surface area contributed by atoms with Crippen LogP contribution in [0, 0.1) is 11.8 Å². The number of para-hydroxylation sites is 2. The summed E-state index contributed by atoms with van der Waals surface area (Å²) >= 11 is 13.0. The predicted octanol–water partition coefficient (Wildman–Crippen LogP) is 7.19. The second-order valence-corrected chi connectivity index (χ2v) is 11.8. The van der Waals surface area contributed by atoms with Gasteiger partial charge in [-0.05, 0) is 85.1 Å². The van der Waals surface area contributed by atoms with Crippen LogP contribution in [0.15, 0.2) is 85.2 Å². The monoisotopic (exact) mass is 571 g/mol. The highest BCUT2D eigenvalue weighted by molar-refractivity contribution is 7.80. The van der Waals surface area contributed by atoms with E-state index in [0.29, 0.717) is 16.9 Å². The summed E-state index contributed by atoms with van der Waals surface area (Å²) in [6, 6.07) is 24.2. The average molecular weight is 572 g/mol. The Balaban J connectivity index is 1.44. The van der Waals surface area contributed by atoms with E-state index < -0.39 is 0 Å². The Morgan fingerprint density at radius 3 is 2.45 bits per heavy atom. The molecule has 4 aromatic rings. The van der Waals surface area contributed by atoms with Crippen molar-refractivity contribution in [2.45, 2.75) is 32.4 Å². The Morgan fingerprint density at radius 2 is 1.73 bits per heavy atom. The summed E-state index contributed by atoms with van der Waals surface area (Å²) in [5.41, 5.74) is 4.97. The zero-order valence-electron chi connectivity index (χ0n) is 23.0. The van der Waals surface area contributed by atoms with E-state index in [4.69, 9.17) is 33.5 Å². The topological polar surface area (TPSA) is 45.6 Å². The normalized spacial score (nSPS) is 22.9. The number of nitrogens with zero attached hydrogens (tertiary/aromatic N) is 4. The largest absolute Gasteiger partial charge is 0.495 e. The molecule has 2 aromatic heterocycles. The molecule has 206 valence electrons. The molecule has 0 unspecified atom stereocenters. The van der Waals surface area contributed by atoms with Crippen molar-refractivity contribution in [2.24, 2.45) is 11.8 Å². The van der Waals surface area contributed by atoms with Crippen molar-refractivity contribution in [1.29, 1.82) is 0 Å². The number of aromatic nitrogens is 2. The molecule has 1 N–H and O–H groups in total. The third kappa shape index (κ3) is 4.93. The molecule has 40 heavy (non-hydrogen) atoms. The fraction of sp³-hybridized carbons (Fsp3) is 0.312. The minimum Gasteiger partial charge on any atom is -0.495 e. The number of ether oxygens (including phenoxy) is 1. The number of anilines is 2. The van der Waals surface area contributed by atoms with E-state index in [9.17, 15) is 0 Å². The molecular weight excluding hydrogens is 538 g/mol. The van der Waals surface area contributed by atoms with Crippen molar-refractivity contribution in [3.63, 3.8) is 0 Å². The molecule has 6 rings (SSSR count). The number of halogens is 1. The first-order valence-electron chi connectivity index (χ1n) is 13.8. The quantitative estimate of drug-likeness (QED) is 0.247. The Morgan fingerprint density at radius 1 is 0.950 bits per heavy atom. The first-order chi connectivity index (χ1) is 19.4. The molecule has 0 spiro atoms. The summed E-state index contributed by atoms with van der Waals surface area (Å²) in [6.45, 7) is 6.67. The Bertz CT molecular complexity index is 1500. The third-order valence-electron chi connectivity index (χ3n) is 7.95. The van der Waals surface area contributed by atoms with Gasteiger partial charge >= 0.3 is 0 Å². The molecule has 6 nitrogen and oxygen atoms in total. The maximum Gasteiger partial charge on any atom is 0.174 e. The lowest BCUT2D eigenvalue weighted by Gasteiger charge is -2.37. The van der Waals surface area contributed by atoms with Crippen LogP contribution in [-0.4, -0.2) is 34.9 Å². The molecule has 2 saturated heterocycles. The number of pyridine rings is 1. The fourth-order valence-electron chi connectivity index (χ4n) is 6.38. The summed E-state index contributed by atoms with van der Waals surface area (Å²) in [4.78, 5) is 9.31. The number of piperidine rings is 1. The molecule has 0 amide bonds. The van der Waals surface area contributed by atoms with Crippen molar-refractivity contribution < 1.29 is 4.74 Å². The van der Waals surface area contributed by atoms with Gasteiger partial charge < -0.3 is 24.4 Å². The van der Waals surface area contributed by atoms with Crippen molar-refractivity contribution in [3.05, 3.63) is 102 Å². The molecule has 2 aliphatic rings. The smallest absolute Gasteiger partial charge is 0.174 e. The number of thiocarbonyl (C=S) groups is 1. The van der Waals surface area contributed by atoms with Gasteiger partial charge in [-0.25, -0.2) is 0 Å². The van der Waals surface area contributed by atoms with Gasteiger partial charge in [-0.2, -0.15) is 0 Å². The minimum absolute atomic E-state index is 0.167. The maximum absolute atomic E-state index is 7.01. The van der Waals surface area contributed by atoms with Gasteiger partial charge in [-0.1, -0.05) is 43.6 Å². The first-order valence-corrected chi connectivity index (χ1v) is 14.6. The second-order valence-electron chi connectivity index (χ2n) is 11.0. The first kappa shape index (κ1) is 26.7. The summed E-state index contributed by atoms with van der Waals surface area (Å²) < 4.78 is 7.90. The van der Waals surface area contributed by atoms with E-state index >= 15 is 0 Å². The molecule has 2 aromatic carbocycles. The van der Waals surface area contributed by atoms with E-state index in [1.165, 1.54) is 6.42 Å². The zero-order chi connectivity index (χ0) is 27.8. The number of hydrogen-bond donors (Lipinski definition) is 1. The van der Waals surface area contributed by atoms with Crippen molar-refractivity contribution >= 4 is 40.3 Å². The Kier molecular flexibility index (Phi) is 7.43. The van der Waals surface area contributed by atoms with Crippen LogP contribution >= 0.6 is 23.8 Å². The van der Waals surface area contributed by atoms with Gasteiger partial charge in [-0.15, -0.1) is 0 Å². The van der Waals surface area contributed by atoms with Crippen molar-refractivity contribution in [3.8, 4) is 11.4 Å². The van der Waals surface area contributed by atoms with Crippen LogP contribution in [0.5, 0.6) is 5.75 Å². The lowest BCUT2D eigenvalue weighted by atomic mass is 9.91. The lowest BCUT2D eigenvalue weighted by molar-refractivity contribution is 0.357. The third-order valence-corrected chi connectivity index (χ3v) is 8.56. The van der Waals surface area contributed by atoms with Crippen LogP contribution in [-0.2, 0) is 0 Å². The van der Waals surface area contributed by atoms with E-state index in [1.54, 1.807) is 7.11 Å². The molecule has 0 radical (unpaired) electrons. The molecular formula is C32H34ClN5OS. The highest BCUT2D eigenvalue weighted by Crippen LogP contribution is 2.44. The number of nitrogens with one attached hydrogen (secondary N) is 1. The van der Waals surface area contributed by atoms with E-state index in [0.717, 1.165) is 52.3 Å². The molecule has 0 saturated carbocycles. The van der Waals surface area contributed by atoms with Gasteiger partial charge in [0.15, 0.2) is 5.11 Å². The average Bonchev–Trinajstić information content (AvgIpc) is 3.57. The fourth-order valence-corrected chi connectivity index (χ4v) is 7.02. The highest BCUT2D eigenvalue weighted by Gasteiger charge is 2.42.